The van der Waals surface area contributed by atoms with Crippen molar-refractivity contribution >= 4 is 11.0 Å². The SMILES string of the molecule is Cc1cc2cc(CN3CCC(C(C)O)C3)oc2cc1C. The molecule has 1 fully saturated rings. The number of fused-ring (bicyclic) bond motifs is 1. The van der Waals surface area contributed by atoms with Gasteiger partial charge in [0.05, 0.1) is 12.6 Å². The number of hydrogen-bond donors (Lipinski definition) is 1. The Hall–Kier alpha value is -1.32. The first kappa shape index (κ1) is 13.7. The fourth-order valence-electron chi connectivity index (χ4n) is 3.06. The summed E-state index contributed by atoms with van der Waals surface area (Å²) in [6.45, 7) is 8.99. The van der Waals surface area contributed by atoms with Crippen molar-refractivity contribution in [2.24, 2.45) is 5.92 Å². The minimum Gasteiger partial charge on any atom is -0.460 e. The van der Waals surface area contributed by atoms with Crippen LogP contribution in [0.25, 0.3) is 11.0 Å². The van der Waals surface area contributed by atoms with E-state index in [1.165, 1.54) is 16.5 Å². The van der Waals surface area contributed by atoms with Crippen molar-refractivity contribution in [1.82, 2.24) is 4.90 Å². The molecule has 108 valence electrons. The molecule has 0 bridgehead atoms. The number of rotatable bonds is 3. The molecule has 1 saturated heterocycles. The van der Waals surface area contributed by atoms with E-state index in [2.05, 4.69) is 36.9 Å². The van der Waals surface area contributed by atoms with Gasteiger partial charge in [0.1, 0.15) is 11.3 Å². The van der Waals surface area contributed by atoms with E-state index >= 15 is 0 Å². The lowest BCUT2D eigenvalue weighted by Crippen LogP contribution is -2.23. The molecule has 1 aromatic carbocycles. The van der Waals surface area contributed by atoms with E-state index in [1.807, 2.05) is 6.92 Å². The molecule has 2 unspecified atom stereocenters. The number of aryl methyl sites for hydroxylation is 2. The van der Waals surface area contributed by atoms with Crippen LogP contribution >= 0.6 is 0 Å². The van der Waals surface area contributed by atoms with Crippen molar-refractivity contribution in [3.8, 4) is 0 Å². The minimum absolute atomic E-state index is 0.207. The predicted octanol–water partition coefficient (Wildman–Crippen LogP) is 3.25. The molecule has 0 saturated carbocycles. The first-order valence-electron chi connectivity index (χ1n) is 7.43. The molecule has 3 rings (SSSR count). The first-order chi connectivity index (χ1) is 9.52. The van der Waals surface area contributed by atoms with E-state index in [9.17, 15) is 5.11 Å². The van der Waals surface area contributed by atoms with E-state index in [1.54, 1.807) is 0 Å². The van der Waals surface area contributed by atoms with Gasteiger partial charge < -0.3 is 9.52 Å². The molecule has 3 heteroatoms. The van der Waals surface area contributed by atoms with Crippen molar-refractivity contribution < 1.29 is 9.52 Å². The Morgan fingerprint density at radius 2 is 2.05 bits per heavy atom. The summed E-state index contributed by atoms with van der Waals surface area (Å²) >= 11 is 0. The van der Waals surface area contributed by atoms with Gasteiger partial charge in [-0.2, -0.15) is 0 Å². The van der Waals surface area contributed by atoms with Gasteiger partial charge in [-0.25, -0.2) is 0 Å². The monoisotopic (exact) mass is 273 g/mol. The summed E-state index contributed by atoms with van der Waals surface area (Å²) in [5.41, 5.74) is 3.56. The lowest BCUT2D eigenvalue weighted by Gasteiger charge is -2.15. The average Bonchev–Trinajstić information content (AvgIpc) is 2.97. The van der Waals surface area contributed by atoms with Crippen LogP contribution in [-0.2, 0) is 6.54 Å². The van der Waals surface area contributed by atoms with Crippen LogP contribution in [0.3, 0.4) is 0 Å². The van der Waals surface area contributed by atoms with Gasteiger partial charge in [0.15, 0.2) is 0 Å². The summed E-state index contributed by atoms with van der Waals surface area (Å²) in [5, 5.41) is 10.9. The molecule has 1 N–H and O–H groups in total. The highest BCUT2D eigenvalue weighted by atomic mass is 16.3. The van der Waals surface area contributed by atoms with Crippen molar-refractivity contribution in [1.29, 1.82) is 0 Å². The number of furan rings is 1. The number of nitrogens with zero attached hydrogens (tertiary/aromatic N) is 1. The lowest BCUT2D eigenvalue weighted by atomic mass is 10.0. The van der Waals surface area contributed by atoms with Crippen molar-refractivity contribution in [2.75, 3.05) is 13.1 Å². The zero-order valence-corrected chi connectivity index (χ0v) is 12.5. The second-order valence-electron chi connectivity index (χ2n) is 6.21. The standard InChI is InChI=1S/C17H23NO2/c1-11-6-15-8-16(20-17(15)7-12(11)2)10-18-5-4-14(9-18)13(3)19/h6-8,13-14,19H,4-5,9-10H2,1-3H3. The number of likely N-dealkylation sites (tertiary alicyclic amines) is 1. The number of hydrogen-bond acceptors (Lipinski definition) is 3. The Morgan fingerprint density at radius 3 is 2.75 bits per heavy atom. The maximum absolute atomic E-state index is 9.66. The van der Waals surface area contributed by atoms with Crippen LogP contribution < -0.4 is 0 Å². The molecule has 0 amide bonds. The van der Waals surface area contributed by atoms with Crippen molar-refractivity contribution in [3.05, 3.63) is 35.1 Å². The average molecular weight is 273 g/mol. The molecule has 2 atom stereocenters. The van der Waals surface area contributed by atoms with Gasteiger partial charge in [0.25, 0.3) is 0 Å². The molecule has 2 aromatic rings. The predicted molar refractivity (Wildman–Crippen MR) is 80.8 cm³/mol. The van der Waals surface area contributed by atoms with Gasteiger partial charge in [-0.05, 0) is 69.0 Å². The van der Waals surface area contributed by atoms with Crippen LogP contribution in [0.15, 0.2) is 22.6 Å². The molecule has 2 heterocycles. The molecule has 20 heavy (non-hydrogen) atoms. The summed E-state index contributed by atoms with van der Waals surface area (Å²) in [6, 6.07) is 6.47. The Kier molecular flexibility index (Phi) is 3.57. The van der Waals surface area contributed by atoms with Crippen LogP contribution in [0.1, 0.15) is 30.2 Å². The highest BCUT2D eigenvalue weighted by Gasteiger charge is 2.26. The number of aliphatic hydroxyl groups is 1. The van der Waals surface area contributed by atoms with Crippen LogP contribution in [0.4, 0.5) is 0 Å². The van der Waals surface area contributed by atoms with E-state index in [4.69, 9.17) is 4.42 Å². The van der Waals surface area contributed by atoms with Crippen LogP contribution in [0.5, 0.6) is 0 Å². The third-order valence-electron chi connectivity index (χ3n) is 4.55. The molecule has 1 aliphatic heterocycles. The topological polar surface area (TPSA) is 36.6 Å². The van der Waals surface area contributed by atoms with Crippen molar-refractivity contribution in [3.63, 3.8) is 0 Å². The number of aliphatic hydroxyl groups excluding tert-OH is 1. The van der Waals surface area contributed by atoms with Gasteiger partial charge in [0, 0.05) is 11.9 Å². The maximum atomic E-state index is 9.66. The molecular formula is C17H23NO2. The van der Waals surface area contributed by atoms with Crippen LogP contribution in [0, 0.1) is 19.8 Å². The first-order valence-corrected chi connectivity index (χ1v) is 7.43. The van der Waals surface area contributed by atoms with Gasteiger partial charge in [-0.15, -0.1) is 0 Å². The van der Waals surface area contributed by atoms with Crippen LogP contribution in [-0.4, -0.2) is 29.2 Å². The van der Waals surface area contributed by atoms with E-state index in [-0.39, 0.29) is 6.10 Å². The fourth-order valence-corrected chi connectivity index (χ4v) is 3.06. The minimum atomic E-state index is -0.207. The normalized spacial score (nSPS) is 21.7. The zero-order chi connectivity index (χ0) is 14.3. The molecule has 0 aliphatic carbocycles. The molecule has 0 radical (unpaired) electrons. The molecule has 0 spiro atoms. The summed E-state index contributed by atoms with van der Waals surface area (Å²) in [7, 11) is 0. The second kappa shape index (κ2) is 5.23. The Bertz CT molecular complexity index is 576. The molecule has 1 aliphatic rings. The Balaban J connectivity index is 1.75. The number of benzene rings is 1. The van der Waals surface area contributed by atoms with Gasteiger partial charge in [-0.3, -0.25) is 4.90 Å². The molecular weight excluding hydrogens is 250 g/mol. The Morgan fingerprint density at radius 1 is 1.30 bits per heavy atom. The molecule has 3 nitrogen and oxygen atoms in total. The quantitative estimate of drug-likeness (QED) is 0.932. The van der Waals surface area contributed by atoms with E-state index in [0.717, 1.165) is 37.4 Å². The molecule has 1 aromatic heterocycles. The summed E-state index contributed by atoms with van der Waals surface area (Å²) in [4.78, 5) is 2.37. The van der Waals surface area contributed by atoms with Crippen molar-refractivity contribution in [2.45, 2.75) is 39.8 Å². The summed E-state index contributed by atoms with van der Waals surface area (Å²) < 4.78 is 5.96. The fraction of sp³-hybridized carbons (Fsp3) is 0.529. The van der Waals surface area contributed by atoms with E-state index < -0.39 is 0 Å². The van der Waals surface area contributed by atoms with Gasteiger partial charge in [-0.1, -0.05) is 0 Å². The van der Waals surface area contributed by atoms with E-state index in [0.29, 0.717) is 5.92 Å². The second-order valence-corrected chi connectivity index (χ2v) is 6.21. The summed E-state index contributed by atoms with van der Waals surface area (Å²) in [5.74, 6) is 1.43. The smallest absolute Gasteiger partial charge is 0.134 e. The third-order valence-corrected chi connectivity index (χ3v) is 4.55. The summed E-state index contributed by atoms with van der Waals surface area (Å²) in [6.07, 6.45) is 0.872. The lowest BCUT2D eigenvalue weighted by molar-refractivity contribution is 0.126. The highest BCUT2D eigenvalue weighted by Crippen LogP contribution is 2.26. The zero-order valence-electron chi connectivity index (χ0n) is 12.5. The highest BCUT2D eigenvalue weighted by molar-refractivity contribution is 5.79. The van der Waals surface area contributed by atoms with Crippen LogP contribution in [0.2, 0.25) is 0 Å². The largest absolute Gasteiger partial charge is 0.460 e. The third kappa shape index (κ3) is 2.60. The maximum Gasteiger partial charge on any atom is 0.134 e. The van der Waals surface area contributed by atoms with Gasteiger partial charge >= 0.3 is 0 Å². The van der Waals surface area contributed by atoms with Gasteiger partial charge in [0.2, 0.25) is 0 Å². The Labute approximate surface area is 120 Å².